The Balaban J connectivity index is 0.000000120. The van der Waals surface area contributed by atoms with E-state index in [1.54, 1.807) is 7.11 Å². The number of alkyl carbamates (subject to hydrolysis) is 1. The van der Waals surface area contributed by atoms with Gasteiger partial charge >= 0.3 is 6.09 Å². The molecule has 2 aliphatic carbocycles. The van der Waals surface area contributed by atoms with Gasteiger partial charge in [0.05, 0.1) is 13.7 Å². The lowest BCUT2D eigenvalue weighted by molar-refractivity contribution is 0.150. The number of carbonyl (C=O) groups excluding carboxylic acids is 1. The summed E-state index contributed by atoms with van der Waals surface area (Å²) >= 11 is 3.19. The second kappa shape index (κ2) is 4.74. The Morgan fingerprint density at radius 3 is 2.62 bits per heavy atom. The van der Waals surface area contributed by atoms with Crippen molar-refractivity contribution in [3.63, 3.8) is 0 Å². The van der Waals surface area contributed by atoms with E-state index in [9.17, 15) is 4.79 Å². The van der Waals surface area contributed by atoms with Crippen molar-refractivity contribution in [1.29, 1.82) is 0 Å². The van der Waals surface area contributed by atoms with Gasteiger partial charge in [-0.3, -0.25) is 0 Å². The SMILES string of the molecule is COc1cc2ccc1=2.O=C1NCC(CBr)O1. The van der Waals surface area contributed by atoms with Gasteiger partial charge in [-0.15, -0.1) is 0 Å². The van der Waals surface area contributed by atoms with Crippen LogP contribution in [0.3, 0.4) is 0 Å². The molecule has 86 valence electrons. The maximum atomic E-state index is 10.3. The first-order valence-corrected chi connectivity index (χ1v) is 6.05. The number of carbonyl (C=O) groups is 1. The van der Waals surface area contributed by atoms with E-state index in [-0.39, 0.29) is 12.2 Å². The molecule has 4 nitrogen and oxygen atoms in total. The van der Waals surface area contributed by atoms with E-state index in [1.807, 2.05) is 6.07 Å². The van der Waals surface area contributed by atoms with E-state index in [0.717, 1.165) is 5.75 Å². The molecule has 1 fully saturated rings. The number of alkyl halides is 1. The molecule has 1 N–H and O–H groups in total. The molecular formula is C11H12BrNO3. The number of methoxy groups -OCH3 is 1. The minimum atomic E-state index is -0.311. The van der Waals surface area contributed by atoms with Gasteiger partial charge in [-0.1, -0.05) is 28.1 Å². The molecule has 5 heteroatoms. The average Bonchev–Trinajstić information content (AvgIpc) is 2.69. The highest BCUT2D eigenvalue weighted by atomic mass is 79.9. The van der Waals surface area contributed by atoms with Crippen LogP contribution in [0.5, 0.6) is 5.75 Å². The molecule has 0 saturated carbocycles. The summed E-state index contributed by atoms with van der Waals surface area (Å²) in [5.74, 6) is 1.03. The smallest absolute Gasteiger partial charge is 0.407 e. The summed E-state index contributed by atoms with van der Waals surface area (Å²) in [6.07, 6.45) is -0.281. The minimum absolute atomic E-state index is 0.0301. The number of hydrogen-bond donors (Lipinski definition) is 1. The lowest BCUT2D eigenvalue weighted by Gasteiger charge is -2.08. The zero-order chi connectivity index (χ0) is 11.5. The molecule has 1 unspecified atom stereocenters. The van der Waals surface area contributed by atoms with Crippen molar-refractivity contribution in [1.82, 2.24) is 5.32 Å². The highest BCUT2D eigenvalue weighted by molar-refractivity contribution is 9.09. The van der Waals surface area contributed by atoms with Crippen molar-refractivity contribution in [2.45, 2.75) is 6.10 Å². The van der Waals surface area contributed by atoms with E-state index in [0.29, 0.717) is 11.9 Å². The number of amides is 1. The Morgan fingerprint density at radius 2 is 2.44 bits per heavy atom. The van der Waals surface area contributed by atoms with Crippen LogP contribution in [-0.4, -0.2) is 31.2 Å². The highest BCUT2D eigenvalue weighted by Gasteiger charge is 2.20. The van der Waals surface area contributed by atoms with E-state index in [4.69, 9.17) is 9.47 Å². The first-order valence-electron chi connectivity index (χ1n) is 4.93. The molecule has 0 spiro atoms. The Labute approximate surface area is 101 Å². The molecule has 0 aromatic heterocycles. The predicted octanol–water partition coefficient (Wildman–Crippen LogP) is 1.79. The molecule has 1 heterocycles. The summed E-state index contributed by atoms with van der Waals surface area (Å²) < 4.78 is 9.69. The maximum Gasteiger partial charge on any atom is 0.407 e. The zero-order valence-electron chi connectivity index (χ0n) is 8.83. The number of rotatable bonds is 2. The van der Waals surface area contributed by atoms with Crippen molar-refractivity contribution < 1.29 is 14.3 Å². The van der Waals surface area contributed by atoms with Gasteiger partial charge in [-0.25, -0.2) is 4.79 Å². The third-order valence-electron chi connectivity index (χ3n) is 2.43. The third kappa shape index (κ3) is 2.14. The first kappa shape index (κ1) is 11.3. The lowest BCUT2D eigenvalue weighted by atomic mass is 10.1. The summed E-state index contributed by atoms with van der Waals surface area (Å²) in [5.41, 5.74) is 0. The van der Waals surface area contributed by atoms with Crippen LogP contribution in [0.2, 0.25) is 0 Å². The Hall–Kier alpha value is -1.23. The molecule has 0 aromatic carbocycles. The molecule has 3 aliphatic rings. The van der Waals surface area contributed by atoms with Crippen LogP contribution in [0.4, 0.5) is 4.79 Å². The monoisotopic (exact) mass is 285 g/mol. The standard InChI is InChI=1S/C7H6O.C4H6BrNO2/c1-8-7-4-5-2-3-6(5)7;5-1-3-2-6-4(7)8-3/h2-4H,1H3;3H,1-2H2,(H,6,7). The van der Waals surface area contributed by atoms with Crippen molar-refractivity contribution >= 4 is 22.0 Å². The van der Waals surface area contributed by atoms with E-state index >= 15 is 0 Å². The summed E-state index contributed by atoms with van der Waals surface area (Å²) in [6, 6.07) is 6.18. The summed E-state index contributed by atoms with van der Waals surface area (Å²) in [7, 11) is 1.70. The van der Waals surface area contributed by atoms with Gasteiger partial charge < -0.3 is 14.8 Å². The van der Waals surface area contributed by atoms with Gasteiger partial charge in [0.2, 0.25) is 0 Å². The van der Waals surface area contributed by atoms with Crippen LogP contribution < -0.4 is 10.1 Å². The van der Waals surface area contributed by atoms with Gasteiger partial charge in [0.1, 0.15) is 11.9 Å². The second-order valence-electron chi connectivity index (χ2n) is 3.48. The lowest BCUT2D eigenvalue weighted by Crippen LogP contribution is -2.15. The van der Waals surface area contributed by atoms with Crippen molar-refractivity contribution in [2.75, 3.05) is 19.0 Å². The molecule has 1 aliphatic heterocycles. The Kier molecular flexibility index (Phi) is 3.33. The predicted molar refractivity (Wildman–Crippen MR) is 62.7 cm³/mol. The molecule has 0 bridgehead atoms. The van der Waals surface area contributed by atoms with Gasteiger partial charge in [-0.2, -0.15) is 0 Å². The zero-order valence-corrected chi connectivity index (χ0v) is 10.4. The molecular weight excluding hydrogens is 274 g/mol. The van der Waals surface area contributed by atoms with Gasteiger partial charge in [0, 0.05) is 10.5 Å². The van der Waals surface area contributed by atoms with Crippen molar-refractivity contribution in [3.8, 4) is 5.75 Å². The molecule has 1 amide bonds. The largest absolute Gasteiger partial charge is 0.496 e. The van der Waals surface area contributed by atoms with E-state index in [2.05, 4.69) is 33.4 Å². The molecule has 0 aromatic rings. The number of nitrogens with one attached hydrogen (secondary N) is 1. The molecule has 16 heavy (non-hydrogen) atoms. The van der Waals surface area contributed by atoms with Crippen molar-refractivity contribution in [3.05, 3.63) is 28.6 Å². The normalized spacial score (nSPS) is 19.1. The van der Waals surface area contributed by atoms with Gasteiger partial charge in [0.25, 0.3) is 0 Å². The fourth-order valence-electron chi connectivity index (χ4n) is 1.44. The Morgan fingerprint density at radius 1 is 1.62 bits per heavy atom. The highest BCUT2D eigenvalue weighted by Crippen LogP contribution is 2.22. The minimum Gasteiger partial charge on any atom is -0.496 e. The van der Waals surface area contributed by atoms with Gasteiger partial charge in [-0.05, 0) is 11.3 Å². The molecule has 1 atom stereocenters. The van der Waals surface area contributed by atoms with Crippen LogP contribution in [-0.2, 0) is 4.74 Å². The number of ether oxygens (including phenoxy) is 2. The van der Waals surface area contributed by atoms with Gasteiger partial charge in [0.15, 0.2) is 0 Å². The average molecular weight is 286 g/mol. The fraction of sp³-hybridized carbons (Fsp3) is 0.364. The van der Waals surface area contributed by atoms with Crippen LogP contribution in [0, 0.1) is 10.4 Å². The number of cyclic esters (lactones) is 1. The quantitative estimate of drug-likeness (QED) is 0.856. The topological polar surface area (TPSA) is 47.6 Å². The maximum absolute atomic E-state index is 10.3. The number of hydrogen-bond acceptors (Lipinski definition) is 3. The van der Waals surface area contributed by atoms with Crippen molar-refractivity contribution in [2.24, 2.45) is 0 Å². The van der Waals surface area contributed by atoms with Crippen LogP contribution >= 0.6 is 15.9 Å². The number of halogens is 1. The van der Waals surface area contributed by atoms with Crippen LogP contribution in [0.15, 0.2) is 18.2 Å². The second-order valence-corrected chi connectivity index (χ2v) is 4.13. The van der Waals surface area contributed by atoms with E-state index in [1.165, 1.54) is 10.4 Å². The summed E-state index contributed by atoms with van der Waals surface area (Å²) in [4.78, 5) is 10.3. The number of benzene rings is 1. The fourth-order valence-corrected chi connectivity index (χ4v) is 1.80. The van der Waals surface area contributed by atoms with Crippen LogP contribution in [0.1, 0.15) is 0 Å². The Bertz CT molecular complexity index is 488. The summed E-state index contributed by atoms with van der Waals surface area (Å²) in [5, 5.41) is 5.86. The van der Waals surface area contributed by atoms with Crippen LogP contribution in [0.25, 0.3) is 0 Å². The van der Waals surface area contributed by atoms with E-state index < -0.39 is 0 Å². The molecule has 0 radical (unpaired) electrons. The third-order valence-corrected chi connectivity index (χ3v) is 3.15. The first-order chi connectivity index (χ1) is 7.74. The molecule has 3 rings (SSSR count). The summed E-state index contributed by atoms with van der Waals surface area (Å²) in [6.45, 7) is 0.629. The molecule has 1 saturated heterocycles.